The number of aliphatic carboxylic acids is 1. The Kier molecular flexibility index (Phi) is 7.19. The number of nitrogens with two attached hydrogens (primary N) is 1. The van der Waals surface area contributed by atoms with E-state index in [0.717, 1.165) is 4.47 Å². The Hall–Kier alpha value is -0.569. The molecule has 0 aliphatic rings. The average molecular weight is 474 g/mol. The van der Waals surface area contributed by atoms with Crippen molar-refractivity contribution in [3.05, 3.63) is 63.6 Å². The molecule has 0 heterocycles. The summed E-state index contributed by atoms with van der Waals surface area (Å²) in [6, 6.07) is 11.8. The molecule has 21 heavy (non-hydrogen) atoms. The predicted octanol–water partition coefficient (Wildman–Crippen LogP) is 2.73. The Morgan fingerprint density at radius 2 is 1.76 bits per heavy atom. The monoisotopic (exact) mass is 473 g/mol. The largest absolute Gasteiger partial charge is 2.00 e. The number of halogens is 1. The first-order valence-corrected chi connectivity index (χ1v) is 6.68. The Morgan fingerprint density at radius 1 is 1.14 bits per heavy atom. The van der Waals surface area contributed by atoms with E-state index >= 15 is 0 Å². The predicted molar refractivity (Wildman–Crippen MR) is 87.7 cm³/mol. The Bertz CT molecular complexity index is 681. The number of carbonyl (C=O) groups excluding carboxylic acids is 1. The molecule has 0 fully saturated rings. The standard InChI is InChI=1S/C15H12BrNO3.Ba.2H/c16-11-6-4-9(5-7-11)15(20)12-3-1-2-10(14(12)17)8-13(18)19;;;/h1-7H,8,17H2,(H,18,19);;;/q;+2;2*-1. The van der Waals surface area contributed by atoms with Gasteiger partial charge in [0.05, 0.1) is 6.42 Å². The smallest absolute Gasteiger partial charge is 1.00 e. The third-order valence-electron chi connectivity index (χ3n) is 2.89. The van der Waals surface area contributed by atoms with Gasteiger partial charge in [0.1, 0.15) is 0 Å². The van der Waals surface area contributed by atoms with Gasteiger partial charge in [0.25, 0.3) is 0 Å². The fraction of sp³-hybridized carbons (Fsp3) is 0.0667. The van der Waals surface area contributed by atoms with Crippen molar-refractivity contribution < 1.29 is 17.5 Å². The quantitative estimate of drug-likeness (QED) is 0.407. The molecule has 0 aromatic heterocycles. The number of hydrogen-bond donors (Lipinski definition) is 2. The molecule has 6 heteroatoms. The number of nitrogen functional groups attached to an aromatic ring is 1. The zero-order valence-corrected chi connectivity index (χ0v) is 17.2. The minimum atomic E-state index is -0.982. The molecule has 106 valence electrons. The first-order chi connectivity index (χ1) is 9.49. The molecule has 3 N–H and O–H groups in total. The Morgan fingerprint density at radius 3 is 2.33 bits per heavy atom. The number of ketones is 1. The summed E-state index contributed by atoms with van der Waals surface area (Å²) < 4.78 is 0.877. The first-order valence-electron chi connectivity index (χ1n) is 5.88. The number of anilines is 1. The van der Waals surface area contributed by atoms with Gasteiger partial charge in [0, 0.05) is 21.3 Å². The minimum absolute atomic E-state index is 0. The molecule has 0 atom stereocenters. The molecule has 2 aromatic rings. The molecule has 4 nitrogen and oxygen atoms in total. The Labute approximate surface area is 173 Å². The van der Waals surface area contributed by atoms with E-state index in [1.807, 2.05) is 0 Å². The summed E-state index contributed by atoms with van der Waals surface area (Å²) >= 11 is 3.30. The van der Waals surface area contributed by atoms with Crippen LogP contribution in [0, 0.1) is 0 Å². The summed E-state index contributed by atoms with van der Waals surface area (Å²) in [6.07, 6.45) is -0.201. The van der Waals surface area contributed by atoms with Crippen LogP contribution in [0.15, 0.2) is 46.9 Å². The molecule has 0 spiro atoms. The van der Waals surface area contributed by atoms with Gasteiger partial charge in [-0.1, -0.05) is 28.1 Å². The summed E-state index contributed by atoms with van der Waals surface area (Å²) in [5, 5.41) is 8.82. The normalized spacial score (nSPS) is 9.76. The molecular weight excluding hydrogens is 459 g/mol. The third-order valence-corrected chi connectivity index (χ3v) is 3.42. The fourth-order valence-electron chi connectivity index (χ4n) is 1.88. The van der Waals surface area contributed by atoms with Crippen molar-refractivity contribution in [3.8, 4) is 0 Å². The van der Waals surface area contributed by atoms with Gasteiger partial charge in [-0.15, -0.1) is 0 Å². The molecule has 0 bridgehead atoms. The maximum absolute atomic E-state index is 12.4. The summed E-state index contributed by atoms with van der Waals surface area (Å²) in [4.78, 5) is 23.1. The summed E-state index contributed by atoms with van der Waals surface area (Å²) in [7, 11) is 0. The van der Waals surface area contributed by atoms with Crippen LogP contribution in [0.3, 0.4) is 0 Å². The van der Waals surface area contributed by atoms with E-state index in [4.69, 9.17) is 10.8 Å². The number of carboxylic acid groups (broad SMARTS) is 1. The second-order valence-corrected chi connectivity index (χ2v) is 5.20. The molecule has 0 aliphatic carbocycles. The van der Waals surface area contributed by atoms with Crippen molar-refractivity contribution in [3.63, 3.8) is 0 Å². The topological polar surface area (TPSA) is 80.4 Å². The van der Waals surface area contributed by atoms with E-state index < -0.39 is 5.97 Å². The fourth-order valence-corrected chi connectivity index (χ4v) is 2.15. The van der Waals surface area contributed by atoms with Crippen molar-refractivity contribution in [1.82, 2.24) is 0 Å². The summed E-state index contributed by atoms with van der Waals surface area (Å²) in [6.45, 7) is 0. The number of carboxylic acids is 1. The van der Waals surface area contributed by atoms with Crippen molar-refractivity contribution in [2.45, 2.75) is 6.42 Å². The second kappa shape index (κ2) is 8.17. The number of carbonyl (C=O) groups is 2. The molecule has 0 aliphatic heterocycles. The zero-order chi connectivity index (χ0) is 14.7. The van der Waals surface area contributed by atoms with Crippen LogP contribution in [0.5, 0.6) is 0 Å². The van der Waals surface area contributed by atoms with Crippen LogP contribution in [0.25, 0.3) is 0 Å². The van der Waals surface area contributed by atoms with E-state index in [9.17, 15) is 9.59 Å². The summed E-state index contributed by atoms with van der Waals surface area (Å²) in [5.41, 5.74) is 7.41. The van der Waals surface area contributed by atoms with Crippen LogP contribution < -0.4 is 5.73 Å². The average Bonchev–Trinajstić information content (AvgIpc) is 2.41. The first kappa shape index (κ1) is 18.5. The summed E-state index contributed by atoms with van der Waals surface area (Å²) in [5.74, 6) is -1.20. The van der Waals surface area contributed by atoms with Crippen LogP contribution in [0.2, 0.25) is 0 Å². The van der Waals surface area contributed by atoms with Crippen molar-refractivity contribution >= 4 is 82.3 Å². The molecule has 0 unspecified atom stereocenters. The SMILES string of the molecule is Nc1c(CC(=O)O)cccc1C(=O)c1ccc(Br)cc1.[Ba+2].[H-].[H-]. The van der Waals surface area contributed by atoms with Gasteiger partial charge < -0.3 is 13.7 Å². The van der Waals surface area contributed by atoms with Crippen molar-refractivity contribution in [2.24, 2.45) is 0 Å². The van der Waals surface area contributed by atoms with E-state index in [1.165, 1.54) is 0 Å². The van der Waals surface area contributed by atoms with E-state index in [0.29, 0.717) is 16.7 Å². The van der Waals surface area contributed by atoms with Crippen LogP contribution in [-0.2, 0) is 11.2 Å². The number of para-hydroxylation sites is 1. The number of benzene rings is 2. The van der Waals surface area contributed by atoms with E-state index in [2.05, 4.69) is 15.9 Å². The Balaban J connectivity index is 0. The molecule has 0 saturated heterocycles. The zero-order valence-electron chi connectivity index (χ0n) is 13.2. The number of rotatable bonds is 4. The van der Waals surface area contributed by atoms with Crippen LogP contribution in [-0.4, -0.2) is 65.7 Å². The van der Waals surface area contributed by atoms with Crippen LogP contribution in [0.1, 0.15) is 24.3 Å². The van der Waals surface area contributed by atoms with Gasteiger partial charge in [-0.25, -0.2) is 0 Å². The maximum Gasteiger partial charge on any atom is 2.00 e. The third kappa shape index (κ3) is 4.70. The van der Waals surface area contributed by atoms with Crippen molar-refractivity contribution in [2.75, 3.05) is 5.73 Å². The van der Waals surface area contributed by atoms with Gasteiger partial charge in [-0.3, -0.25) is 9.59 Å². The van der Waals surface area contributed by atoms with Crippen molar-refractivity contribution in [1.29, 1.82) is 0 Å². The maximum atomic E-state index is 12.4. The molecule has 2 rings (SSSR count). The molecular formula is C15H14BaBrNO3. The van der Waals surface area contributed by atoms with Gasteiger partial charge in [0.15, 0.2) is 5.78 Å². The molecule has 2 aromatic carbocycles. The van der Waals surface area contributed by atoms with Gasteiger partial charge in [0.2, 0.25) is 0 Å². The molecule has 0 saturated carbocycles. The van der Waals surface area contributed by atoms with Gasteiger partial charge >= 0.3 is 54.9 Å². The second-order valence-electron chi connectivity index (χ2n) is 4.28. The van der Waals surface area contributed by atoms with Gasteiger partial charge in [-0.2, -0.15) is 0 Å². The van der Waals surface area contributed by atoms with Gasteiger partial charge in [-0.05, 0) is 35.9 Å². The molecule has 0 radical (unpaired) electrons. The van der Waals surface area contributed by atoms with Crippen LogP contribution >= 0.6 is 15.9 Å². The minimum Gasteiger partial charge on any atom is -1.00 e. The van der Waals surface area contributed by atoms with E-state index in [1.54, 1.807) is 42.5 Å². The molecule has 0 amide bonds. The van der Waals surface area contributed by atoms with Crippen LogP contribution in [0.4, 0.5) is 5.69 Å². The van der Waals surface area contributed by atoms with E-state index in [-0.39, 0.29) is 69.6 Å². The number of hydrogen-bond acceptors (Lipinski definition) is 3.